The van der Waals surface area contributed by atoms with E-state index in [4.69, 9.17) is 4.74 Å². The molecule has 26 heavy (non-hydrogen) atoms. The fourth-order valence-electron chi connectivity index (χ4n) is 1.96. The zero-order valence-electron chi connectivity index (χ0n) is 15.7. The quantitative estimate of drug-likeness (QED) is 0.439. The first kappa shape index (κ1) is 21.1. The minimum Gasteiger partial charge on any atom is -0.444 e. The van der Waals surface area contributed by atoms with Crippen molar-refractivity contribution in [3.8, 4) is 0 Å². The first-order chi connectivity index (χ1) is 11.9. The molecule has 0 unspecified atom stereocenters. The first-order valence-electron chi connectivity index (χ1n) is 8.06. The fraction of sp³-hybridized carbons (Fsp3) is 0.562. The summed E-state index contributed by atoms with van der Waals surface area (Å²) in [6.45, 7) is 10.2. The lowest BCUT2D eigenvalue weighted by Gasteiger charge is -2.24. The van der Waals surface area contributed by atoms with Gasteiger partial charge in [0.15, 0.2) is 0 Å². The highest BCUT2D eigenvalue weighted by Gasteiger charge is 2.26. The Morgan fingerprint density at radius 3 is 2.31 bits per heavy atom. The number of ether oxygens (including phenoxy) is 1. The van der Waals surface area contributed by atoms with Gasteiger partial charge in [-0.1, -0.05) is 13.8 Å². The van der Waals surface area contributed by atoms with E-state index in [1.807, 2.05) is 0 Å². The smallest absolute Gasteiger partial charge is 0.408 e. The van der Waals surface area contributed by atoms with Crippen LogP contribution in [0, 0.1) is 12.8 Å². The number of nitrogens with one attached hydrogen (secondary N) is 4. The number of hydrogen-bond acceptors (Lipinski definition) is 6. The van der Waals surface area contributed by atoms with Crippen LogP contribution in [0.15, 0.2) is 14.7 Å². The van der Waals surface area contributed by atoms with Crippen LogP contribution >= 0.6 is 0 Å². The molecule has 0 bridgehead atoms. The molecule has 4 N–H and O–H groups in total. The van der Waals surface area contributed by atoms with Gasteiger partial charge in [-0.05, 0) is 33.6 Å². The summed E-state index contributed by atoms with van der Waals surface area (Å²) in [7, 11) is 0. The molecular weight excluding hydrogens is 342 g/mol. The van der Waals surface area contributed by atoms with E-state index in [1.165, 1.54) is 6.92 Å². The molecule has 0 radical (unpaired) electrons. The molecule has 0 aromatic carbocycles. The minimum atomic E-state index is -0.878. The summed E-state index contributed by atoms with van der Waals surface area (Å²) in [5, 5.41) is 6.21. The number of nitrogens with zero attached hydrogens (tertiary/aromatic N) is 1. The van der Waals surface area contributed by atoms with Crippen molar-refractivity contribution in [3.63, 3.8) is 0 Å². The van der Waals surface area contributed by atoms with Crippen LogP contribution in [0.3, 0.4) is 0 Å². The van der Waals surface area contributed by atoms with E-state index in [0.717, 1.165) is 6.21 Å². The number of aromatic amines is 2. The summed E-state index contributed by atoms with van der Waals surface area (Å²) in [6, 6.07) is -0.878. The Labute approximate surface area is 150 Å². The molecule has 10 nitrogen and oxygen atoms in total. The molecule has 144 valence electrons. The maximum Gasteiger partial charge on any atom is 0.408 e. The topological polar surface area (TPSA) is 146 Å². The van der Waals surface area contributed by atoms with Gasteiger partial charge in [-0.2, -0.15) is 5.10 Å². The second-order valence-corrected chi connectivity index (χ2v) is 7.05. The van der Waals surface area contributed by atoms with Gasteiger partial charge in [0.05, 0.1) is 11.8 Å². The van der Waals surface area contributed by atoms with E-state index in [1.54, 1.807) is 34.6 Å². The fourth-order valence-corrected chi connectivity index (χ4v) is 1.96. The van der Waals surface area contributed by atoms with Crippen LogP contribution in [-0.4, -0.2) is 39.8 Å². The Bertz CT molecular complexity index is 800. The molecule has 1 heterocycles. The zero-order chi connectivity index (χ0) is 20.1. The second kappa shape index (κ2) is 8.45. The van der Waals surface area contributed by atoms with Gasteiger partial charge in [0.25, 0.3) is 11.5 Å². The number of amides is 2. The van der Waals surface area contributed by atoms with E-state index in [0.29, 0.717) is 5.69 Å². The van der Waals surface area contributed by atoms with Crippen LogP contribution in [-0.2, 0) is 9.53 Å². The van der Waals surface area contributed by atoms with Crippen LogP contribution in [0.1, 0.15) is 45.9 Å². The molecule has 10 heteroatoms. The third-order valence-corrected chi connectivity index (χ3v) is 3.17. The Kier molecular flexibility index (Phi) is 6.87. The Balaban J connectivity index is 2.81. The zero-order valence-corrected chi connectivity index (χ0v) is 15.7. The average molecular weight is 367 g/mol. The largest absolute Gasteiger partial charge is 0.444 e. The molecule has 2 amide bonds. The predicted molar refractivity (Wildman–Crippen MR) is 96.2 cm³/mol. The number of hydrogen-bond donors (Lipinski definition) is 4. The van der Waals surface area contributed by atoms with Crippen molar-refractivity contribution in [1.82, 2.24) is 20.7 Å². The second-order valence-electron chi connectivity index (χ2n) is 7.05. The Morgan fingerprint density at radius 1 is 1.19 bits per heavy atom. The molecule has 1 aromatic heterocycles. The van der Waals surface area contributed by atoms with Crippen molar-refractivity contribution >= 4 is 18.2 Å². The van der Waals surface area contributed by atoms with Crippen molar-refractivity contribution in [2.45, 2.75) is 53.2 Å². The van der Waals surface area contributed by atoms with Crippen molar-refractivity contribution in [1.29, 1.82) is 0 Å². The third kappa shape index (κ3) is 6.54. The van der Waals surface area contributed by atoms with Crippen LogP contribution in [0.25, 0.3) is 0 Å². The van der Waals surface area contributed by atoms with E-state index >= 15 is 0 Å². The molecule has 0 aliphatic rings. The van der Waals surface area contributed by atoms with Crippen molar-refractivity contribution in [2.24, 2.45) is 11.0 Å². The van der Waals surface area contributed by atoms with Crippen molar-refractivity contribution in [2.75, 3.05) is 0 Å². The molecule has 1 atom stereocenters. The number of H-pyrrole nitrogens is 2. The number of aromatic nitrogens is 2. The number of hydrazone groups is 1. The summed E-state index contributed by atoms with van der Waals surface area (Å²) in [5.41, 5.74) is 0.728. The van der Waals surface area contributed by atoms with Gasteiger partial charge in [0.1, 0.15) is 11.6 Å². The Hall–Kier alpha value is -2.91. The molecule has 0 aliphatic carbocycles. The number of carbonyl (C=O) groups excluding carboxylic acids is 2. The number of carbonyl (C=O) groups is 2. The standard InChI is InChI=1S/C16H25N5O5/c1-8(2)11(19-15(25)26-16(4,5)6)13(23)21-17-7-10-9(3)18-14(24)20-12(10)22/h7-8,11H,1-6H3,(H,19,25)(H,21,23)(H2,18,20,22,24)/b17-7-/t11-/m0/s1. The molecule has 1 aromatic rings. The maximum absolute atomic E-state index is 12.3. The van der Waals surface area contributed by atoms with Crippen molar-refractivity contribution < 1.29 is 14.3 Å². The Morgan fingerprint density at radius 2 is 1.81 bits per heavy atom. The van der Waals surface area contributed by atoms with Crippen LogP contribution in [0.2, 0.25) is 0 Å². The van der Waals surface area contributed by atoms with Gasteiger partial charge in [0.2, 0.25) is 0 Å². The highest BCUT2D eigenvalue weighted by Crippen LogP contribution is 2.08. The van der Waals surface area contributed by atoms with Gasteiger partial charge < -0.3 is 15.0 Å². The number of alkyl carbamates (subject to hydrolysis) is 1. The average Bonchev–Trinajstić information content (AvgIpc) is 2.45. The summed E-state index contributed by atoms with van der Waals surface area (Å²) in [4.78, 5) is 51.4. The van der Waals surface area contributed by atoms with Crippen LogP contribution < -0.4 is 22.0 Å². The lowest BCUT2D eigenvalue weighted by molar-refractivity contribution is -0.124. The number of rotatable bonds is 5. The lowest BCUT2D eigenvalue weighted by Crippen LogP contribution is -2.49. The van der Waals surface area contributed by atoms with Crippen LogP contribution in [0.5, 0.6) is 0 Å². The predicted octanol–water partition coefficient (Wildman–Crippen LogP) is 0.371. The van der Waals surface area contributed by atoms with E-state index in [-0.39, 0.29) is 11.5 Å². The maximum atomic E-state index is 12.3. The summed E-state index contributed by atoms with van der Waals surface area (Å²) < 4.78 is 5.14. The number of aryl methyl sites for hydroxylation is 1. The van der Waals surface area contributed by atoms with Crippen molar-refractivity contribution in [3.05, 3.63) is 32.1 Å². The minimum absolute atomic E-state index is 0.103. The van der Waals surface area contributed by atoms with Gasteiger partial charge in [-0.15, -0.1) is 0 Å². The van der Waals surface area contributed by atoms with Gasteiger partial charge in [0, 0.05) is 5.69 Å². The summed E-state index contributed by atoms with van der Waals surface area (Å²) in [6.07, 6.45) is 0.399. The molecule has 0 saturated carbocycles. The molecule has 0 saturated heterocycles. The summed E-state index contributed by atoms with van der Waals surface area (Å²) >= 11 is 0. The van der Waals surface area contributed by atoms with E-state index in [9.17, 15) is 19.2 Å². The normalized spacial score (nSPS) is 12.9. The SMILES string of the molecule is Cc1[nH]c(=O)[nH]c(=O)c1/C=N\NC(=O)[C@@H](NC(=O)OC(C)(C)C)C(C)C. The van der Waals surface area contributed by atoms with E-state index in [2.05, 4.69) is 25.8 Å². The molecule has 1 rings (SSSR count). The molecular formula is C16H25N5O5. The molecule has 0 aliphatic heterocycles. The summed E-state index contributed by atoms with van der Waals surface area (Å²) in [5.74, 6) is -0.795. The van der Waals surface area contributed by atoms with Crippen LogP contribution in [0.4, 0.5) is 4.79 Å². The molecule has 0 fully saturated rings. The van der Waals surface area contributed by atoms with Gasteiger partial charge in [-0.3, -0.25) is 14.6 Å². The van der Waals surface area contributed by atoms with E-state index < -0.39 is 34.9 Å². The first-order valence-corrected chi connectivity index (χ1v) is 8.06. The highest BCUT2D eigenvalue weighted by atomic mass is 16.6. The van der Waals surface area contributed by atoms with Gasteiger partial charge in [-0.25, -0.2) is 15.0 Å². The lowest BCUT2D eigenvalue weighted by atomic mass is 10.0. The third-order valence-electron chi connectivity index (χ3n) is 3.17. The molecule has 0 spiro atoms. The monoisotopic (exact) mass is 367 g/mol. The highest BCUT2D eigenvalue weighted by molar-refractivity contribution is 5.87. The van der Waals surface area contributed by atoms with Gasteiger partial charge >= 0.3 is 11.8 Å².